The number of benzene rings is 1. The number of hydrogen-bond donors (Lipinski definition) is 1. The van der Waals surface area contributed by atoms with Crippen LogP contribution >= 0.6 is 23.1 Å². The Labute approximate surface area is 107 Å². The molecular weight excluding hydrogens is 257 g/mol. The molecule has 1 aromatic carbocycles. The van der Waals surface area contributed by atoms with Crippen molar-refractivity contribution in [1.29, 1.82) is 0 Å². The molecule has 0 saturated heterocycles. The van der Waals surface area contributed by atoms with Crippen LogP contribution in [-0.4, -0.2) is 10.2 Å². The van der Waals surface area contributed by atoms with Crippen LogP contribution in [0.2, 0.25) is 0 Å². The molecule has 1 aromatic heterocycles. The summed E-state index contributed by atoms with van der Waals surface area (Å²) in [7, 11) is 0. The summed E-state index contributed by atoms with van der Waals surface area (Å²) in [6.45, 7) is 2.27. The summed E-state index contributed by atoms with van der Waals surface area (Å²) in [6.07, 6.45) is 0. The molecular formula is C11H12FN3S2. The van der Waals surface area contributed by atoms with Crippen molar-refractivity contribution in [3.05, 3.63) is 40.2 Å². The van der Waals surface area contributed by atoms with Gasteiger partial charge < -0.3 is 5.73 Å². The van der Waals surface area contributed by atoms with E-state index in [9.17, 15) is 4.39 Å². The van der Waals surface area contributed by atoms with E-state index in [1.54, 1.807) is 23.1 Å². The van der Waals surface area contributed by atoms with Crippen molar-refractivity contribution in [3.8, 4) is 0 Å². The monoisotopic (exact) mass is 269 g/mol. The molecule has 2 rings (SSSR count). The molecule has 0 aliphatic heterocycles. The van der Waals surface area contributed by atoms with Gasteiger partial charge in [0.15, 0.2) is 4.34 Å². The predicted molar refractivity (Wildman–Crippen MR) is 68.5 cm³/mol. The molecule has 0 atom stereocenters. The van der Waals surface area contributed by atoms with Crippen molar-refractivity contribution in [1.82, 2.24) is 10.2 Å². The van der Waals surface area contributed by atoms with Gasteiger partial charge in [0.1, 0.15) is 10.8 Å². The molecule has 0 spiro atoms. The van der Waals surface area contributed by atoms with Gasteiger partial charge in [0, 0.05) is 12.3 Å². The summed E-state index contributed by atoms with van der Waals surface area (Å²) in [5, 5.41) is 8.88. The van der Waals surface area contributed by atoms with Crippen LogP contribution in [0, 0.1) is 12.7 Å². The first-order valence-corrected chi connectivity index (χ1v) is 6.89. The second-order valence-electron chi connectivity index (χ2n) is 3.55. The summed E-state index contributed by atoms with van der Waals surface area (Å²) in [4.78, 5) is 0. The van der Waals surface area contributed by atoms with E-state index in [0.717, 1.165) is 20.5 Å². The highest BCUT2D eigenvalue weighted by Gasteiger charge is 2.04. The zero-order chi connectivity index (χ0) is 12.3. The Morgan fingerprint density at radius 2 is 2.06 bits per heavy atom. The van der Waals surface area contributed by atoms with Crippen LogP contribution in [0.15, 0.2) is 22.5 Å². The van der Waals surface area contributed by atoms with E-state index in [1.807, 2.05) is 13.0 Å². The average Bonchev–Trinajstić information content (AvgIpc) is 2.72. The number of rotatable bonds is 4. The van der Waals surface area contributed by atoms with Crippen molar-refractivity contribution in [2.75, 3.05) is 0 Å². The molecule has 17 heavy (non-hydrogen) atoms. The number of thioether (sulfide) groups is 1. The lowest BCUT2D eigenvalue weighted by atomic mass is 10.1. The summed E-state index contributed by atoms with van der Waals surface area (Å²) in [5.74, 6) is 0.441. The molecule has 0 aliphatic rings. The molecule has 90 valence electrons. The molecule has 0 unspecified atom stereocenters. The fourth-order valence-electron chi connectivity index (χ4n) is 1.40. The summed E-state index contributed by atoms with van der Waals surface area (Å²) in [6, 6.07) is 4.91. The molecule has 6 heteroatoms. The highest BCUT2D eigenvalue weighted by Crippen LogP contribution is 2.26. The maximum Gasteiger partial charge on any atom is 0.174 e. The van der Waals surface area contributed by atoms with Gasteiger partial charge in [-0.25, -0.2) is 4.39 Å². The highest BCUT2D eigenvalue weighted by molar-refractivity contribution is 8.00. The Kier molecular flexibility index (Phi) is 4.09. The maximum absolute atomic E-state index is 13.3. The fourth-order valence-corrected chi connectivity index (χ4v) is 3.15. The molecule has 0 aliphatic carbocycles. The van der Waals surface area contributed by atoms with E-state index in [1.165, 1.54) is 12.1 Å². The lowest BCUT2D eigenvalue weighted by Gasteiger charge is -2.03. The summed E-state index contributed by atoms with van der Waals surface area (Å²) < 4.78 is 14.2. The number of hydrogen-bond acceptors (Lipinski definition) is 5. The molecule has 0 amide bonds. The van der Waals surface area contributed by atoms with Crippen molar-refractivity contribution >= 4 is 23.1 Å². The Morgan fingerprint density at radius 3 is 2.71 bits per heavy atom. The van der Waals surface area contributed by atoms with Gasteiger partial charge >= 0.3 is 0 Å². The van der Waals surface area contributed by atoms with E-state index < -0.39 is 0 Å². The zero-order valence-corrected chi connectivity index (χ0v) is 10.9. The molecule has 2 N–H and O–H groups in total. The molecule has 3 nitrogen and oxygen atoms in total. The fraction of sp³-hybridized carbons (Fsp3) is 0.273. The third-order valence-corrected chi connectivity index (χ3v) is 4.17. The van der Waals surface area contributed by atoms with Gasteiger partial charge in [0.2, 0.25) is 0 Å². The van der Waals surface area contributed by atoms with Crippen LogP contribution in [0.5, 0.6) is 0 Å². The van der Waals surface area contributed by atoms with Crippen LogP contribution in [0.25, 0.3) is 0 Å². The smallest absolute Gasteiger partial charge is 0.174 e. The molecule has 1 heterocycles. The molecule has 0 bridgehead atoms. The number of nitrogens with zero attached hydrogens (tertiary/aromatic N) is 2. The second-order valence-corrected chi connectivity index (χ2v) is 5.95. The van der Waals surface area contributed by atoms with E-state index in [4.69, 9.17) is 5.73 Å². The van der Waals surface area contributed by atoms with E-state index in [0.29, 0.717) is 12.3 Å². The van der Waals surface area contributed by atoms with Crippen LogP contribution in [-0.2, 0) is 12.3 Å². The van der Waals surface area contributed by atoms with Gasteiger partial charge in [0.25, 0.3) is 0 Å². The number of aryl methyl sites for hydroxylation is 1. The summed E-state index contributed by atoms with van der Waals surface area (Å²) >= 11 is 3.10. The normalized spacial score (nSPS) is 10.8. The van der Waals surface area contributed by atoms with Gasteiger partial charge in [0.05, 0.1) is 0 Å². The van der Waals surface area contributed by atoms with Crippen molar-refractivity contribution < 1.29 is 4.39 Å². The van der Waals surface area contributed by atoms with Gasteiger partial charge in [-0.05, 0) is 30.2 Å². The minimum atomic E-state index is -0.239. The lowest BCUT2D eigenvalue weighted by Crippen LogP contribution is -1.98. The highest BCUT2D eigenvalue weighted by atomic mass is 32.2. The third kappa shape index (κ3) is 3.49. The lowest BCUT2D eigenvalue weighted by molar-refractivity contribution is 0.624. The van der Waals surface area contributed by atoms with E-state index in [-0.39, 0.29) is 5.82 Å². The van der Waals surface area contributed by atoms with Crippen molar-refractivity contribution in [2.24, 2.45) is 5.73 Å². The minimum absolute atomic E-state index is 0.239. The SMILES string of the molecule is Cc1nnc(SCc2cc(F)cc(CN)c2)s1. The van der Waals surface area contributed by atoms with Gasteiger partial charge in [-0.3, -0.25) is 0 Å². The molecule has 0 radical (unpaired) electrons. The summed E-state index contributed by atoms with van der Waals surface area (Å²) in [5.41, 5.74) is 7.24. The van der Waals surface area contributed by atoms with E-state index >= 15 is 0 Å². The number of aromatic nitrogens is 2. The number of nitrogens with two attached hydrogens (primary N) is 1. The number of halogens is 1. The van der Waals surface area contributed by atoms with Crippen LogP contribution in [0.3, 0.4) is 0 Å². The maximum atomic E-state index is 13.3. The first kappa shape index (κ1) is 12.5. The van der Waals surface area contributed by atoms with Crippen LogP contribution in [0.1, 0.15) is 16.1 Å². The van der Waals surface area contributed by atoms with Gasteiger partial charge in [-0.15, -0.1) is 10.2 Å². The molecule has 0 saturated carbocycles. The first-order chi connectivity index (χ1) is 8.17. The third-order valence-electron chi connectivity index (χ3n) is 2.12. The molecule has 2 aromatic rings. The topological polar surface area (TPSA) is 51.8 Å². The van der Waals surface area contributed by atoms with Crippen molar-refractivity contribution in [2.45, 2.75) is 23.6 Å². The predicted octanol–water partition coefficient (Wildman–Crippen LogP) is 2.74. The largest absolute Gasteiger partial charge is 0.326 e. The second kappa shape index (κ2) is 5.57. The van der Waals surface area contributed by atoms with Crippen molar-refractivity contribution in [3.63, 3.8) is 0 Å². The Hall–Kier alpha value is -0.980. The Balaban J connectivity index is 2.05. The standard InChI is InChI=1S/C11H12FN3S2/c1-7-14-15-11(17-7)16-6-9-2-8(5-13)3-10(12)4-9/h2-4H,5-6,13H2,1H3. The molecule has 0 fully saturated rings. The van der Waals surface area contributed by atoms with Crippen LogP contribution in [0.4, 0.5) is 4.39 Å². The van der Waals surface area contributed by atoms with Gasteiger partial charge in [-0.2, -0.15) is 0 Å². The first-order valence-electron chi connectivity index (χ1n) is 5.08. The van der Waals surface area contributed by atoms with Gasteiger partial charge in [-0.1, -0.05) is 29.2 Å². The Bertz CT molecular complexity index is 513. The van der Waals surface area contributed by atoms with E-state index in [2.05, 4.69) is 10.2 Å². The Morgan fingerprint density at radius 1 is 1.29 bits per heavy atom. The minimum Gasteiger partial charge on any atom is -0.326 e. The average molecular weight is 269 g/mol. The zero-order valence-electron chi connectivity index (χ0n) is 9.31. The van der Waals surface area contributed by atoms with Crippen LogP contribution < -0.4 is 5.73 Å². The quantitative estimate of drug-likeness (QED) is 0.867.